The van der Waals surface area contributed by atoms with Gasteiger partial charge in [-0.3, -0.25) is 4.79 Å². The van der Waals surface area contributed by atoms with Crippen molar-refractivity contribution in [1.82, 2.24) is 5.32 Å². The topological polar surface area (TPSA) is 38.3 Å². The summed E-state index contributed by atoms with van der Waals surface area (Å²) < 4.78 is 4.98. The zero-order chi connectivity index (χ0) is 12.5. The quantitative estimate of drug-likeness (QED) is 0.582. The lowest BCUT2D eigenvalue weighted by atomic mass is 10.1. The summed E-state index contributed by atoms with van der Waals surface area (Å²) in [5.41, 5.74) is 2.57. The standard InChI is InChI=1S/C14H21NO2/c1-3-14(16)17-9-5-8-15-11-13-7-4-6-12(2)10-13/h4,6-7,10,15H,3,5,8-9,11H2,1-2H3. The summed E-state index contributed by atoms with van der Waals surface area (Å²) in [6.07, 6.45) is 1.31. The maximum Gasteiger partial charge on any atom is 0.305 e. The Morgan fingerprint density at radius 1 is 1.41 bits per heavy atom. The van der Waals surface area contributed by atoms with Crippen LogP contribution in [-0.4, -0.2) is 19.1 Å². The summed E-state index contributed by atoms with van der Waals surface area (Å²) in [5.74, 6) is -0.122. The van der Waals surface area contributed by atoms with E-state index in [0.717, 1.165) is 19.5 Å². The third-order valence-electron chi connectivity index (χ3n) is 2.46. The van der Waals surface area contributed by atoms with E-state index in [4.69, 9.17) is 4.74 Å². The van der Waals surface area contributed by atoms with Crippen LogP contribution < -0.4 is 5.32 Å². The van der Waals surface area contributed by atoms with Crippen molar-refractivity contribution in [3.8, 4) is 0 Å². The van der Waals surface area contributed by atoms with Gasteiger partial charge < -0.3 is 10.1 Å². The van der Waals surface area contributed by atoms with Crippen molar-refractivity contribution in [2.24, 2.45) is 0 Å². The molecule has 3 nitrogen and oxygen atoms in total. The Morgan fingerprint density at radius 3 is 2.94 bits per heavy atom. The zero-order valence-electron chi connectivity index (χ0n) is 10.7. The molecule has 17 heavy (non-hydrogen) atoms. The first-order valence-corrected chi connectivity index (χ1v) is 6.14. The third kappa shape index (κ3) is 6.07. The Kier molecular flexibility index (Phi) is 6.33. The van der Waals surface area contributed by atoms with E-state index >= 15 is 0 Å². The van der Waals surface area contributed by atoms with Crippen LogP contribution in [0.3, 0.4) is 0 Å². The van der Waals surface area contributed by atoms with E-state index < -0.39 is 0 Å². The second kappa shape index (κ2) is 7.85. The summed E-state index contributed by atoms with van der Waals surface area (Å²) in [6, 6.07) is 8.43. The molecule has 3 heteroatoms. The van der Waals surface area contributed by atoms with E-state index in [1.165, 1.54) is 11.1 Å². The van der Waals surface area contributed by atoms with Crippen LogP contribution in [0.15, 0.2) is 24.3 Å². The summed E-state index contributed by atoms with van der Waals surface area (Å²) in [5, 5.41) is 3.33. The van der Waals surface area contributed by atoms with Crippen molar-refractivity contribution in [2.75, 3.05) is 13.2 Å². The van der Waals surface area contributed by atoms with Crippen molar-refractivity contribution >= 4 is 5.97 Å². The fourth-order valence-electron chi connectivity index (χ4n) is 1.54. The van der Waals surface area contributed by atoms with Crippen molar-refractivity contribution < 1.29 is 9.53 Å². The molecular formula is C14H21NO2. The number of aryl methyl sites for hydroxylation is 1. The predicted molar refractivity (Wildman–Crippen MR) is 68.8 cm³/mol. The number of esters is 1. The molecule has 0 radical (unpaired) electrons. The summed E-state index contributed by atoms with van der Waals surface area (Å²) >= 11 is 0. The number of carbonyl (C=O) groups is 1. The highest BCUT2D eigenvalue weighted by Gasteiger charge is 1.97. The number of hydrogen-bond acceptors (Lipinski definition) is 3. The van der Waals surface area contributed by atoms with Crippen LogP contribution in [0.4, 0.5) is 0 Å². The van der Waals surface area contributed by atoms with Crippen molar-refractivity contribution in [1.29, 1.82) is 0 Å². The summed E-state index contributed by atoms with van der Waals surface area (Å²) in [7, 11) is 0. The SMILES string of the molecule is CCC(=O)OCCCNCc1cccc(C)c1. The number of hydrogen-bond donors (Lipinski definition) is 1. The maximum atomic E-state index is 10.9. The van der Waals surface area contributed by atoms with E-state index in [0.29, 0.717) is 13.0 Å². The number of benzene rings is 1. The molecule has 0 aromatic heterocycles. The molecule has 1 aromatic rings. The lowest BCUT2D eigenvalue weighted by Crippen LogP contribution is -2.17. The Labute approximate surface area is 103 Å². The molecule has 0 spiro atoms. The largest absolute Gasteiger partial charge is 0.466 e. The van der Waals surface area contributed by atoms with Gasteiger partial charge in [0.05, 0.1) is 6.61 Å². The van der Waals surface area contributed by atoms with E-state index in [-0.39, 0.29) is 5.97 Å². The molecule has 1 N–H and O–H groups in total. The average Bonchev–Trinajstić information content (AvgIpc) is 2.33. The van der Waals surface area contributed by atoms with Gasteiger partial charge in [0.2, 0.25) is 0 Å². The second-order valence-corrected chi connectivity index (χ2v) is 4.09. The van der Waals surface area contributed by atoms with E-state index in [9.17, 15) is 4.79 Å². The van der Waals surface area contributed by atoms with Crippen LogP contribution in [-0.2, 0) is 16.1 Å². The smallest absolute Gasteiger partial charge is 0.305 e. The lowest BCUT2D eigenvalue weighted by molar-refractivity contribution is -0.143. The van der Waals surface area contributed by atoms with Crippen LogP contribution in [0.1, 0.15) is 30.9 Å². The molecule has 1 aromatic carbocycles. The minimum absolute atomic E-state index is 0.122. The van der Waals surface area contributed by atoms with Crippen molar-refractivity contribution in [2.45, 2.75) is 33.2 Å². The minimum Gasteiger partial charge on any atom is -0.466 e. The molecule has 0 aliphatic rings. The van der Waals surface area contributed by atoms with Crippen LogP contribution in [0.25, 0.3) is 0 Å². The number of carbonyl (C=O) groups excluding carboxylic acids is 1. The molecule has 0 saturated heterocycles. The molecule has 0 unspecified atom stereocenters. The fraction of sp³-hybridized carbons (Fsp3) is 0.500. The van der Waals surface area contributed by atoms with Gasteiger partial charge in [-0.15, -0.1) is 0 Å². The van der Waals surface area contributed by atoms with E-state index in [1.54, 1.807) is 6.92 Å². The van der Waals surface area contributed by atoms with Crippen molar-refractivity contribution in [3.63, 3.8) is 0 Å². The number of ether oxygens (including phenoxy) is 1. The van der Waals surface area contributed by atoms with Crippen LogP contribution in [0.5, 0.6) is 0 Å². The number of nitrogens with one attached hydrogen (secondary N) is 1. The van der Waals surface area contributed by atoms with Gasteiger partial charge in [0, 0.05) is 13.0 Å². The first-order chi connectivity index (χ1) is 8.22. The maximum absolute atomic E-state index is 10.9. The minimum atomic E-state index is -0.122. The molecule has 0 aliphatic carbocycles. The third-order valence-corrected chi connectivity index (χ3v) is 2.46. The molecule has 1 rings (SSSR count). The van der Waals surface area contributed by atoms with Gasteiger partial charge in [0.25, 0.3) is 0 Å². The molecule has 0 amide bonds. The molecule has 0 bridgehead atoms. The molecule has 94 valence electrons. The number of rotatable bonds is 7. The van der Waals surface area contributed by atoms with Gasteiger partial charge in [-0.05, 0) is 25.5 Å². The Bertz CT molecular complexity index is 350. The van der Waals surface area contributed by atoms with Gasteiger partial charge >= 0.3 is 5.97 Å². The first-order valence-electron chi connectivity index (χ1n) is 6.14. The van der Waals surface area contributed by atoms with Gasteiger partial charge in [-0.1, -0.05) is 36.8 Å². The highest BCUT2D eigenvalue weighted by Crippen LogP contribution is 2.03. The summed E-state index contributed by atoms with van der Waals surface area (Å²) in [6.45, 7) is 6.13. The van der Waals surface area contributed by atoms with E-state index in [1.807, 2.05) is 0 Å². The van der Waals surface area contributed by atoms with Gasteiger partial charge in [0.1, 0.15) is 0 Å². The highest BCUT2D eigenvalue weighted by molar-refractivity contribution is 5.68. The molecule has 0 saturated carbocycles. The summed E-state index contributed by atoms with van der Waals surface area (Å²) in [4.78, 5) is 10.9. The molecule has 0 atom stereocenters. The van der Waals surface area contributed by atoms with Crippen LogP contribution in [0, 0.1) is 6.92 Å². The first kappa shape index (κ1) is 13.7. The Hall–Kier alpha value is -1.35. The lowest BCUT2D eigenvalue weighted by Gasteiger charge is -2.06. The monoisotopic (exact) mass is 235 g/mol. The van der Waals surface area contributed by atoms with Gasteiger partial charge in [0.15, 0.2) is 0 Å². The second-order valence-electron chi connectivity index (χ2n) is 4.09. The van der Waals surface area contributed by atoms with Crippen LogP contribution >= 0.6 is 0 Å². The highest BCUT2D eigenvalue weighted by atomic mass is 16.5. The predicted octanol–water partition coefficient (Wildman–Crippen LogP) is 2.43. The molecule has 0 aliphatic heterocycles. The Morgan fingerprint density at radius 2 is 2.24 bits per heavy atom. The van der Waals surface area contributed by atoms with E-state index in [2.05, 4.69) is 36.5 Å². The zero-order valence-corrected chi connectivity index (χ0v) is 10.7. The Balaban J connectivity index is 2.06. The fourth-order valence-corrected chi connectivity index (χ4v) is 1.54. The molecule has 0 fully saturated rings. The average molecular weight is 235 g/mol. The van der Waals surface area contributed by atoms with Crippen LogP contribution in [0.2, 0.25) is 0 Å². The van der Waals surface area contributed by atoms with Gasteiger partial charge in [-0.2, -0.15) is 0 Å². The molecule has 0 heterocycles. The van der Waals surface area contributed by atoms with Crippen molar-refractivity contribution in [3.05, 3.63) is 35.4 Å². The molecular weight excluding hydrogens is 214 g/mol. The van der Waals surface area contributed by atoms with Gasteiger partial charge in [-0.25, -0.2) is 0 Å². The normalized spacial score (nSPS) is 10.2.